The average molecular weight is 220 g/mol. The lowest BCUT2D eigenvalue weighted by Crippen LogP contribution is -2.25. The molecule has 0 bridgehead atoms. The fourth-order valence-corrected chi connectivity index (χ4v) is 1.24. The average Bonchev–Trinajstić information content (AvgIpc) is 2.79. The normalized spacial score (nSPS) is 9.69. The Kier molecular flexibility index (Phi) is 5.71. The van der Waals surface area contributed by atoms with E-state index in [9.17, 15) is 4.79 Å². The molecular formula is C11H16N4O. The second-order valence-electron chi connectivity index (χ2n) is 3.43. The van der Waals surface area contributed by atoms with Crippen molar-refractivity contribution < 1.29 is 4.79 Å². The number of terminal acetylenes is 1. The van der Waals surface area contributed by atoms with E-state index in [2.05, 4.69) is 21.5 Å². The maximum Gasteiger partial charge on any atom is 0.221 e. The molecule has 5 heteroatoms. The molecule has 0 aliphatic carbocycles. The van der Waals surface area contributed by atoms with Crippen molar-refractivity contribution in [1.82, 2.24) is 20.3 Å². The van der Waals surface area contributed by atoms with Crippen LogP contribution in [0.25, 0.3) is 0 Å². The molecule has 0 aliphatic heterocycles. The van der Waals surface area contributed by atoms with Gasteiger partial charge in [0.25, 0.3) is 0 Å². The molecule has 1 amide bonds. The van der Waals surface area contributed by atoms with E-state index in [-0.39, 0.29) is 5.91 Å². The fourth-order valence-electron chi connectivity index (χ4n) is 1.24. The van der Waals surface area contributed by atoms with Gasteiger partial charge in [-0.3, -0.25) is 9.48 Å². The van der Waals surface area contributed by atoms with Crippen molar-refractivity contribution in [2.45, 2.75) is 32.2 Å². The van der Waals surface area contributed by atoms with Crippen LogP contribution in [0.4, 0.5) is 0 Å². The van der Waals surface area contributed by atoms with Crippen molar-refractivity contribution in [3.8, 4) is 12.3 Å². The molecule has 0 aromatic carbocycles. The third-order valence-electron chi connectivity index (χ3n) is 2.11. The summed E-state index contributed by atoms with van der Waals surface area (Å²) in [5.74, 6) is 2.61. The van der Waals surface area contributed by atoms with Gasteiger partial charge in [0.05, 0.1) is 12.7 Å². The van der Waals surface area contributed by atoms with Gasteiger partial charge in [0.15, 0.2) is 0 Å². The van der Waals surface area contributed by atoms with Gasteiger partial charge < -0.3 is 5.32 Å². The minimum Gasteiger partial charge on any atom is -0.356 e. The Morgan fingerprint density at radius 2 is 2.38 bits per heavy atom. The summed E-state index contributed by atoms with van der Waals surface area (Å²) in [6.45, 7) is 1.26. The van der Waals surface area contributed by atoms with Gasteiger partial charge in [-0.15, -0.1) is 17.4 Å². The summed E-state index contributed by atoms with van der Waals surface area (Å²) >= 11 is 0. The van der Waals surface area contributed by atoms with Gasteiger partial charge in [0, 0.05) is 25.6 Å². The molecule has 1 rings (SSSR count). The highest BCUT2D eigenvalue weighted by Crippen LogP contribution is 1.92. The van der Waals surface area contributed by atoms with E-state index >= 15 is 0 Å². The van der Waals surface area contributed by atoms with Crippen LogP contribution in [0.15, 0.2) is 12.4 Å². The summed E-state index contributed by atoms with van der Waals surface area (Å²) in [7, 11) is 0. The zero-order chi connectivity index (χ0) is 11.6. The maximum atomic E-state index is 11.4. The van der Waals surface area contributed by atoms with Gasteiger partial charge in [-0.1, -0.05) is 5.21 Å². The second-order valence-corrected chi connectivity index (χ2v) is 3.43. The molecule has 86 valence electrons. The number of amides is 1. The van der Waals surface area contributed by atoms with Crippen LogP contribution in [-0.2, 0) is 11.3 Å². The molecule has 16 heavy (non-hydrogen) atoms. The van der Waals surface area contributed by atoms with Crippen LogP contribution in [0.1, 0.15) is 25.7 Å². The minimum atomic E-state index is 0.0382. The predicted molar refractivity (Wildman–Crippen MR) is 60.3 cm³/mol. The Labute approximate surface area is 95.2 Å². The Bertz CT molecular complexity index is 339. The zero-order valence-corrected chi connectivity index (χ0v) is 9.22. The zero-order valence-electron chi connectivity index (χ0n) is 9.22. The first-order valence-corrected chi connectivity index (χ1v) is 5.37. The Balaban J connectivity index is 2.01. The molecule has 0 aliphatic rings. The van der Waals surface area contributed by atoms with Crippen LogP contribution in [0.2, 0.25) is 0 Å². The quantitative estimate of drug-likeness (QED) is 0.540. The van der Waals surface area contributed by atoms with Crippen LogP contribution in [0.5, 0.6) is 0 Å². The molecular weight excluding hydrogens is 204 g/mol. The summed E-state index contributed by atoms with van der Waals surface area (Å²) in [5, 5.41) is 10.3. The molecule has 0 atom stereocenters. The number of carbonyl (C=O) groups excluding carboxylic acids is 1. The van der Waals surface area contributed by atoms with E-state index in [1.165, 1.54) is 0 Å². The lowest BCUT2D eigenvalue weighted by atomic mass is 10.2. The highest BCUT2D eigenvalue weighted by atomic mass is 16.1. The third kappa shape index (κ3) is 5.15. The minimum absolute atomic E-state index is 0.0382. The molecule has 1 aromatic rings. The SMILES string of the molecule is C#CCCCCNC(=O)CCn1ccnn1. The molecule has 1 heterocycles. The molecule has 5 nitrogen and oxygen atoms in total. The van der Waals surface area contributed by atoms with Crippen molar-refractivity contribution >= 4 is 5.91 Å². The molecule has 0 radical (unpaired) electrons. The predicted octanol–water partition coefficient (Wildman–Crippen LogP) is 0.588. The Morgan fingerprint density at radius 3 is 3.06 bits per heavy atom. The smallest absolute Gasteiger partial charge is 0.221 e. The second kappa shape index (κ2) is 7.46. The number of carbonyl (C=O) groups is 1. The number of unbranched alkanes of at least 4 members (excludes halogenated alkanes) is 2. The maximum absolute atomic E-state index is 11.4. The van der Waals surface area contributed by atoms with Gasteiger partial charge in [-0.2, -0.15) is 0 Å². The summed E-state index contributed by atoms with van der Waals surface area (Å²) in [4.78, 5) is 11.4. The molecule has 1 aromatic heterocycles. The molecule has 0 spiro atoms. The Hall–Kier alpha value is -1.83. The Morgan fingerprint density at radius 1 is 1.50 bits per heavy atom. The first-order chi connectivity index (χ1) is 7.83. The lowest BCUT2D eigenvalue weighted by Gasteiger charge is -2.04. The van der Waals surface area contributed by atoms with E-state index < -0.39 is 0 Å². The van der Waals surface area contributed by atoms with Gasteiger partial charge in [-0.05, 0) is 12.8 Å². The highest BCUT2D eigenvalue weighted by Gasteiger charge is 2.00. The standard InChI is InChI=1S/C11H16N4O/c1-2-3-4-5-7-12-11(16)6-9-15-10-8-13-14-15/h1,8,10H,3-7,9H2,(H,12,16). The van der Waals surface area contributed by atoms with E-state index in [1.807, 2.05) is 0 Å². The first-order valence-electron chi connectivity index (χ1n) is 5.37. The van der Waals surface area contributed by atoms with E-state index in [0.717, 1.165) is 19.3 Å². The van der Waals surface area contributed by atoms with Crippen molar-refractivity contribution in [3.05, 3.63) is 12.4 Å². The number of hydrogen-bond donors (Lipinski definition) is 1. The van der Waals surface area contributed by atoms with Crippen molar-refractivity contribution in [1.29, 1.82) is 0 Å². The summed E-state index contributed by atoms with van der Waals surface area (Å²) < 4.78 is 1.64. The number of nitrogens with zero attached hydrogens (tertiary/aromatic N) is 3. The lowest BCUT2D eigenvalue weighted by molar-refractivity contribution is -0.121. The number of rotatable bonds is 7. The summed E-state index contributed by atoms with van der Waals surface area (Å²) in [6, 6.07) is 0. The number of aromatic nitrogens is 3. The molecule has 0 unspecified atom stereocenters. The summed E-state index contributed by atoms with van der Waals surface area (Å²) in [5.41, 5.74) is 0. The molecule has 0 saturated heterocycles. The van der Waals surface area contributed by atoms with Gasteiger partial charge in [0.2, 0.25) is 5.91 Å². The molecule has 0 saturated carbocycles. The summed E-state index contributed by atoms with van der Waals surface area (Å²) in [6.07, 6.45) is 11.5. The van der Waals surface area contributed by atoms with E-state index in [4.69, 9.17) is 6.42 Å². The monoisotopic (exact) mass is 220 g/mol. The van der Waals surface area contributed by atoms with Crippen LogP contribution in [0, 0.1) is 12.3 Å². The topological polar surface area (TPSA) is 59.8 Å². The fraction of sp³-hybridized carbons (Fsp3) is 0.545. The van der Waals surface area contributed by atoms with Gasteiger partial charge >= 0.3 is 0 Å². The van der Waals surface area contributed by atoms with Crippen LogP contribution >= 0.6 is 0 Å². The van der Waals surface area contributed by atoms with Crippen molar-refractivity contribution in [3.63, 3.8) is 0 Å². The van der Waals surface area contributed by atoms with Crippen LogP contribution in [-0.4, -0.2) is 27.4 Å². The van der Waals surface area contributed by atoms with Crippen molar-refractivity contribution in [2.75, 3.05) is 6.54 Å². The largest absolute Gasteiger partial charge is 0.356 e. The molecule has 1 N–H and O–H groups in total. The van der Waals surface area contributed by atoms with Crippen LogP contribution < -0.4 is 5.32 Å². The molecule has 0 fully saturated rings. The van der Waals surface area contributed by atoms with E-state index in [1.54, 1.807) is 17.1 Å². The first kappa shape index (κ1) is 12.2. The van der Waals surface area contributed by atoms with E-state index in [0.29, 0.717) is 19.5 Å². The number of nitrogens with one attached hydrogen (secondary N) is 1. The van der Waals surface area contributed by atoms with Gasteiger partial charge in [-0.25, -0.2) is 0 Å². The number of aryl methyl sites for hydroxylation is 1. The van der Waals surface area contributed by atoms with Crippen molar-refractivity contribution in [2.24, 2.45) is 0 Å². The highest BCUT2D eigenvalue weighted by molar-refractivity contribution is 5.75. The van der Waals surface area contributed by atoms with Gasteiger partial charge in [0.1, 0.15) is 0 Å². The number of hydrogen-bond acceptors (Lipinski definition) is 3. The van der Waals surface area contributed by atoms with Crippen LogP contribution in [0.3, 0.4) is 0 Å². The third-order valence-corrected chi connectivity index (χ3v) is 2.11.